The number of fused-ring (bicyclic) bond motifs is 3. The highest BCUT2D eigenvalue weighted by atomic mass is 14.6. The summed E-state index contributed by atoms with van der Waals surface area (Å²) in [5, 5.41) is 12.2. The van der Waals surface area contributed by atoms with E-state index < -0.39 is 0 Å². The second-order valence-electron chi connectivity index (χ2n) is 13.7. The van der Waals surface area contributed by atoms with Gasteiger partial charge in [0.25, 0.3) is 0 Å². The van der Waals surface area contributed by atoms with Crippen molar-refractivity contribution in [1.29, 1.82) is 0 Å². The molecule has 0 radical (unpaired) electrons. The first-order valence-corrected chi connectivity index (χ1v) is 17.6. The third-order valence-electron chi connectivity index (χ3n) is 10.8. The van der Waals surface area contributed by atoms with E-state index >= 15 is 0 Å². The summed E-state index contributed by atoms with van der Waals surface area (Å²) in [7, 11) is 0. The lowest BCUT2D eigenvalue weighted by atomic mass is 9.85. The van der Waals surface area contributed by atoms with Crippen LogP contribution in [0.1, 0.15) is 0 Å². The monoisotopic (exact) mass is 659 g/mol. The van der Waals surface area contributed by atoms with Gasteiger partial charge >= 0.3 is 0 Å². The molecule has 240 valence electrons. The fraction of sp³-hybridized carbons (Fsp3) is 0. The van der Waals surface area contributed by atoms with Crippen LogP contribution in [0.25, 0.3) is 109 Å². The average molecular weight is 660 g/mol. The molecular formula is C49H29N3. The van der Waals surface area contributed by atoms with Gasteiger partial charge in [0.15, 0.2) is 0 Å². The average Bonchev–Trinajstić information content (AvgIpc) is 3.22. The van der Waals surface area contributed by atoms with Gasteiger partial charge in [-0.1, -0.05) is 103 Å². The van der Waals surface area contributed by atoms with Crippen molar-refractivity contribution in [1.82, 2.24) is 15.0 Å². The van der Waals surface area contributed by atoms with E-state index in [0.717, 1.165) is 49.4 Å². The Labute approximate surface area is 299 Å². The first-order valence-electron chi connectivity index (χ1n) is 17.6. The SMILES string of the molecule is c1cnc2cc(-c3cc(-c4ccc5cccnc5c4)cc(-c4ccc5ccc6c(-c7cccc8cnccc78)ccc7ccc4c5c76)c3)ccc2c1. The van der Waals surface area contributed by atoms with Gasteiger partial charge in [-0.3, -0.25) is 15.0 Å². The topological polar surface area (TPSA) is 38.7 Å². The number of hydrogen-bond donors (Lipinski definition) is 0. The number of hydrogen-bond acceptors (Lipinski definition) is 3. The maximum atomic E-state index is 4.68. The quantitative estimate of drug-likeness (QED) is 0.177. The van der Waals surface area contributed by atoms with Crippen molar-refractivity contribution in [3.05, 3.63) is 176 Å². The number of benzene rings is 8. The standard InChI is InChI=1S/C49H29N3/c1-4-36-29-50-23-20-41(36)42(7-1)43-17-13-33-14-18-44-40(16-12-32-15-19-45(43)49(33)48(32)44)39-25-37(34-10-8-30-5-2-21-51-46(30)27-34)24-38(26-39)35-11-9-31-6-3-22-52-47(31)28-35/h1-29H. The Morgan fingerprint density at radius 1 is 0.308 bits per heavy atom. The van der Waals surface area contributed by atoms with E-state index in [9.17, 15) is 0 Å². The molecule has 0 unspecified atom stereocenters. The smallest absolute Gasteiger partial charge is 0.0708 e. The fourth-order valence-corrected chi connectivity index (χ4v) is 8.25. The van der Waals surface area contributed by atoms with Crippen LogP contribution in [0.15, 0.2) is 176 Å². The van der Waals surface area contributed by atoms with E-state index in [1.54, 1.807) is 0 Å². The molecule has 0 spiro atoms. The molecule has 52 heavy (non-hydrogen) atoms. The maximum Gasteiger partial charge on any atom is 0.0708 e. The Balaban J connectivity index is 1.16. The maximum absolute atomic E-state index is 4.68. The molecule has 11 rings (SSSR count). The molecule has 3 heteroatoms. The summed E-state index contributed by atoms with van der Waals surface area (Å²) in [6, 6.07) is 55.4. The minimum absolute atomic E-state index is 0.989. The van der Waals surface area contributed by atoms with E-state index in [4.69, 9.17) is 0 Å². The van der Waals surface area contributed by atoms with Crippen molar-refractivity contribution in [3.8, 4) is 44.5 Å². The van der Waals surface area contributed by atoms with Gasteiger partial charge in [0.05, 0.1) is 11.0 Å². The predicted octanol–water partition coefficient (Wildman–Crippen LogP) is 12.9. The van der Waals surface area contributed by atoms with Crippen molar-refractivity contribution in [3.63, 3.8) is 0 Å². The number of aromatic nitrogens is 3. The molecule has 3 aromatic heterocycles. The highest BCUT2D eigenvalue weighted by Gasteiger charge is 2.17. The molecule has 0 bridgehead atoms. The molecule has 0 N–H and O–H groups in total. The van der Waals surface area contributed by atoms with Crippen LogP contribution in [0.2, 0.25) is 0 Å². The van der Waals surface area contributed by atoms with Crippen molar-refractivity contribution in [2.75, 3.05) is 0 Å². The van der Waals surface area contributed by atoms with Crippen LogP contribution in [0, 0.1) is 0 Å². The van der Waals surface area contributed by atoms with Gasteiger partial charge < -0.3 is 0 Å². The summed E-state index contributed by atoms with van der Waals surface area (Å²) >= 11 is 0. The Hall–Kier alpha value is -6.97. The number of nitrogens with zero attached hydrogens (tertiary/aromatic N) is 3. The molecule has 0 aliphatic carbocycles. The summed E-state index contributed by atoms with van der Waals surface area (Å²) in [4.78, 5) is 13.8. The van der Waals surface area contributed by atoms with Crippen LogP contribution in [-0.2, 0) is 0 Å². The van der Waals surface area contributed by atoms with Crippen LogP contribution in [0.4, 0.5) is 0 Å². The number of rotatable bonds is 4. The van der Waals surface area contributed by atoms with Crippen molar-refractivity contribution < 1.29 is 0 Å². The van der Waals surface area contributed by atoms with E-state index in [0.29, 0.717) is 0 Å². The highest BCUT2D eigenvalue weighted by molar-refractivity contribution is 6.28. The largest absolute Gasteiger partial charge is 0.264 e. The Morgan fingerprint density at radius 2 is 0.846 bits per heavy atom. The van der Waals surface area contributed by atoms with Crippen molar-refractivity contribution in [2.24, 2.45) is 0 Å². The molecule has 8 aromatic carbocycles. The normalized spacial score (nSPS) is 11.8. The van der Waals surface area contributed by atoms with Gasteiger partial charge in [0, 0.05) is 40.9 Å². The summed E-state index contributed by atoms with van der Waals surface area (Å²) in [5.41, 5.74) is 11.4. The van der Waals surface area contributed by atoms with E-state index in [-0.39, 0.29) is 0 Å². The Kier molecular flexibility index (Phi) is 6.25. The predicted molar refractivity (Wildman–Crippen MR) is 218 cm³/mol. The summed E-state index contributed by atoms with van der Waals surface area (Å²) < 4.78 is 0. The second-order valence-corrected chi connectivity index (χ2v) is 13.7. The molecule has 0 aliphatic rings. The molecule has 0 fully saturated rings. The Morgan fingerprint density at radius 3 is 1.52 bits per heavy atom. The van der Waals surface area contributed by atoms with Crippen LogP contribution < -0.4 is 0 Å². The minimum atomic E-state index is 0.989. The van der Waals surface area contributed by atoms with Gasteiger partial charge in [0.1, 0.15) is 0 Å². The molecule has 0 atom stereocenters. The molecule has 0 saturated heterocycles. The summed E-state index contributed by atoms with van der Waals surface area (Å²) in [6.07, 6.45) is 7.57. The van der Waals surface area contributed by atoms with E-state index in [1.807, 2.05) is 36.9 Å². The molecule has 0 aliphatic heterocycles. The van der Waals surface area contributed by atoms with Crippen LogP contribution in [0.5, 0.6) is 0 Å². The van der Waals surface area contributed by atoms with Crippen LogP contribution >= 0.6 is 0 Å². The second kappa shape index (κ2) is 11.3. The molecule has 0 saturated carbocycles. The molecular weight excluding hydrogens is 631 g/mol. The van der Waals surface area contributed by atoms with Gasteiger partial charge in [-0.15, -0.1) is 0 Å². The Bertz CT molecular complexity index is 3090. The molecule has 3 nitrogen and oxygen atoms in total. The lowest BCUT2D eigenvalue weighted by Crippen LogP contribution is -1.91. The van der Waals surface area contributed by atoms with Crippen LogP contribution in [0.3, 0.4) is 0 Å². The third kappa shape index (κ3) is 4.50. The van der Waals surface area contributed by atoms with Gasteiger partial charge in [-0.25, -0.2) is 0 Å². The highest BCUT2D eigenvalue weighted by Crippen LogP contribution is 2.44. The first-order chi connectivity index (χ1) is 25.7. The third-order valence-corrected chi connectivity index (χ3v) is 10.8. The summed E-state index contributed by atoms with van der Waals surface area (Å²) in [6.45, 7) is 0. The lowest BCUT2D eigenvalue weighted by Gasteiger charge is -2.18. The van der Waals surface area contributed by atoms with Gasteiger partial charge in [-0.05, 0) is 131 Å². The van der Waals surface area contributed by atoms with Crippen molar-refractivity contribution in [2.45, 2.75) is 0 Å². The van der Waals surface area contributed by atoms with Crippen LogP contribution in [-0.4, -0.2) is 15.0 Å². The molecule has 3 heterocycles. The van der Waals surface area contributed by atoms with Gasteiger partial charge in [0.2, 0.25) is 0 Å². The molecule has 11 aromatic rings. The van der Waals surface area contributed by atoms with E-state index in [2.05, 4.69) is 154 Å². The van der Waals surface area contributed by atoms with E-state index in [1.165, 1.54) is 60.0 Å². The lowest BCUT2D eigenvalue weighted by molar-refractivity contribution is 1.36. The number of pyridine rings is 3. The van der Waals surface area contributed by atoms with Gasteiger partial charge in [-0.2, -0.15) is 0 Å². The summed E-state index contributed by atoms with van der Waals surface area (Å²) in [5.74, 6) is 0. The first kappa shape index (κ1) is 28.8. The zero-order valence-electron chi connectivity index (χ0n) is 28.1. The zero-order chi connectivity index (χ0) is 34.2. The minimum Gasteiger partial charge on any atom is -0.264 e. The fourth-order valence-electron chi connectivity index (χ4n) is 8.25. The molecule has 0 amide bonds. The zero-order valence-corrected chi connectivity index (χ0v) is 28.1. The van der Waals surface area contributed by atoms with Crippen molar-refractivity contribution >= 4 is 64.9 Å².